The lowest BCUT2D eigenvalue weighted by Gasteiger charge is -2.34. The van der Waals surface area contributed by atoms with E-state index in [-0.39, 0.29) is 24.6 Å². The Balaban J connectivity index is 1.90. The molecule has 0 amide bonds. The lowest BCUT2D eigenvalue weighted by atomic mass is 10.0. The standard InChI is InChI=1S/C12H22N2O4S/c1-14(19(17,18)6-2-3-12(15)16)11-7-9-4-5-10(8-11)13-9/h9-11,13H,2-8H2,1H3,(H,15,16). The zero-order chi connectivity index (χ0) is 14.0. The zero-order valence-corrected chi connectivity index (χ0v) is 12.0. The van der Waals surface area contributed by atoms with Crippen LogP contribution in [0.25, 0.3) is 0 Å². The normalized spacial score (nSPS) is 30.7. The van der Waals surface area contributed by atoms with Crippen molar-refractivity contribution in [2.24, 2.45) is 0 Å². The maximum atomic E-state index is 12.2. The minimum absolute atomic E-state index is 0.0635. The molecule has 0 aromatic rings. The fraction of sp³-hybridized carbons (Fsp3) is 0.917. The molecule has 0 radical (unpaired) electrons. The third-order valence-electron chi connectivity index (χ3n) is 4.19. The van der Waals surface area contributed by atoms with Crippen LogP contribution in [-0.4, -0.2) is 54.7 Å². The van der Waals surface area contributed by atoms with Crippen LogP contribution < -0.4 is 5.32 Å². The molecule has 2 heterocycles. The molecular formula is C12H22N2O4S. The number of nitrogens with zero attached hydrogens (tertiary/aromatic N) is 1. The summed E-state index contributed by atoms with van der Waals surface area (Å²) in [6.45, 7) is 0. The van der Waals surface area contributed by atoms with Gasteiger partial charge in [-0.3, -0.25) is 4.79 Å². The second-order valence-corrected chi connectivity index (χ2v) is 7.74. The van der Waals surface area contributed by atoms with E-state index >= 15 is 0 Å². The summed E-state index contributed by atoms with van der Waals surface area (Å²) in [5.74, 6) is -1.02. The number of rotatable bonds is 6. The zero-order valence-electron chi connectivity index (χ0n) is 11.2. The van der Waals surface area contributed by atoms with Gasteiger partial charge in [0.1, 0.15) is 0 Å². The Labute approximate surface area is 114 Å². The van der Waals surface area contributed by atoms with Gasteiger partial charge in [-0.25, -0.2) is 12.7 Å². The highest BCUT2D eigenvalue weighted by atomic mass is 32.2. The first-order chi connectivity index (χ1) is 8.88. The van der Waals surface area contributed by atoms with Gasteiger partial charge in [0.2, 0.25) is 10.0 Å². The molecule has 2 bridgehead atoms. The Hall–Kier alpha value is -0.660. The number of carboxylic acids is 1. The Kier molecular flexibility index (Phi) is 4.47. The van der Waals surface area contributed by atoms with E-state index in [0.717, 1.165) is 25.7 Å². The van der Waals surface area contributed by atoms with Gasteiger partial charge in [-0.2, -0.15) is 0 Å². The Morgan fingerprint density at radius 3 is 2.42 bits per heavy atom. The summed E-state index contributed by atoms with van der Waals surface area (Å²) in [6.07, 6.45) is 4.09. The van der Waals surface area contributed by atoms with Crippen LogP contribution in [0.2, 0.25) is 0 Å². The van der Waals surface area contributed by atoms with E-state index in [0.29, 0.717) is 12.1 Å². The molecule has 6 nitrogen and oxygen atoms in total. The summed E-state index contributed by atoms with van der Waals surface area (Å²) < 4.78 is 25.8. The number of nitrogens with one attached hydrogen (secondary N) is 1. The van der Waals surface area contributed by atoms with Gasteiger partial charge in [0, 0.05) is 31.6 Å². The highest BCUT2D eigenvalue weighted by molar-refractivity contribution is 7.89. The predicted molar refractivity (Wildman–Crippen MR) is 71.4 cm³/mol. The van der Waals surface area contributed by atoms with Crippen molar-refractivity contribution >= 4 is 16.0 Å². The summed E-state index contributed by atoms with van der Waals surface area (Å²) >= 11 is 0. The van der Waals surface area contributed by atoms with Crippen LogP contribution in [0, 0.1) is 0 Å². The van der Waals surface area contributed by atoms with Gasteiger partial charge in [-0.15, -0.1) is 0 Å². The molecule has 2 aliphatic heterocycles. The number of fused-ring (bicyclic) bond motifs is 2. The number of carboxylic acid groups (broad SMARTS) is 1. The first-order valence-corrected chi connectivity index (χ1v) is 8.43. The number of aliphatic carboxylic acids is 1. The molecule has 110 valence electrons. The van der Waals surface area contributed by atoms with Gasteiger partial charge < -0.3 is 10.4 Å². The smallest absolute Gasteiger partial charge is 0.303 e. The van der Waals surface area contributed by atoms with Crippen molar-refractivity contribution in [1.29, 1.82) is 0 Å². The molecule has 2 aliphatic rings. The van der Waals surface area contributed by atoms with E-state index in [2.05, 4.69) is 5.32 Å². The minimum atomic E-state index is -3.33. The lowest BCUT2D eigenvalue weighted by Crippen LogP contribution is -2.49. The van der Waals surface area contributed by atoms with Crippen molar-refractivity contribution in [3.05, 3.63) is 0 Å². The first kappa shape index (κ1) is 14.7. The predicted octanol–water partition coefficient (Wildman–Crippen LogP) is 0.396. The Bertz CT molecular complexity index is 425. The van der Waals surface area contributed by atoms with Crippen LogP contribution in [0.4, 0.5) is 0 Å². The second kappa shape index (κ2) is 5.76. The molecule has 19 heavy (non-hydrogen) atoms. The van der Waals surface area contributed by atoms with Crippen molar-refractivity contribution in [2.75, 3.05) is 12.8 Å². The molecule has 2 atom stereocenters. The Morgan fingerprint density at radius 2 is 1.89 bits per heavy atom. The first-order valence-electron chi connectivity index (χ1n) is 6.82. The van der Waals surface area contributed by atoms with E-state index in [1.54, 1.807) is 7.05 Å². The summed E-state index contributed by atoms with van der Waals surface area (Å²) in [5.41, 5.74) is 0. The Morgan fingerprint density at radius 1 is 1.32 bits per heavy atom. The monoisotopic (exact) mass is 290 g/mol. The number of sulfonamides is 1. The number of hydrogen-bond acceptors (Lipinski definition) is 4. The van der Waals surface area contributed by atoms with Gasteiger partial charge in [0.05, 0.1) is 5.75 Å². The largest absolute Gasteiger partial charge is 0.481 e. The quantitative estimate of drug-likeness (QED) is 0.739. The molecule has 2 N–H and O–H groups in total. The molecule has 2 saturated heterocycles. The van der Waals surface area contributed by atoms with Crippen molar-refractivity contribution in [1.82, 2.24) is 9.62 Å². The van der Waals surface area contributed by atoms with E-state index in [9.17, 15) is 13.2 Å². The van der Waals surface area contributed by atoms with Crippen LogP contribution in [0.3, 0.4) is 0 Å². The van der Waals surface area contributed by atoms with Crippen LogP contribution in [0.5, 0.6) is 0 Å². The number of hydrogen-bond donors (Lipinski definition) is 2. The van der Waals surface area contributed by atoms with E-state index in [4.69, 9.17) is 5.11 Å². The van der Waals surface area contributed by atoms with Crippen LogP contribution in [0.1, 0.15) is 38.5 Å². The van der Waals surface area contributed by atoms with Gasteiger partial charge in [0.25, 0.3) is 0 Å². The minimum Gasteiger partial charge on any atom is -0.481 e. The van der Waals surface area contributed by atoms with Crippen molar-refractivity contribution < 1.29 is 18.3 Å². The van der Waals surface area contributed by atoms with Crippen LogP contribution in [0.15, 0.2) is 0 Å². The molecule has 0 saturated carbocycles. The number of piperidine rings is 1. The molecule has 7 heteroatoms. The molecule has 0 aromatic carbocycles. The SMILES string of the molecule is CN(C1CC2CCC(C1)N2)S(=O)(=O)CCCC(=O)O. The van der Waals surface area contributed by atoms with Crippen molar-refractivity contribution in [3.63, 3.8) is 0 Å². The molecular weight excluding hydrogens is 268 g/mol. The molecule has 0 aromatic heterocycles. The fourth-order valence-corrected chi connectivity index (χ4v) is 4.52. The van der Waals surface area contributed by atoms with Crippen molar-refractivity contribution in [3.8, 4) is 0 Å². The molecule has 2 rings (SSSR count). The fourth-order valence-electron chi connectivity index (χ4n) is 3.10. The molecule has 2 fully saturated rings. The number of carbonyl (C=O) groups is 1. The molecule has 0 aliphatic carbocycles. The molecule has 2 unspecified atom stereocenters. The maximum Gasteiger partial charge on any atom is 0.303 e. The van der Waals surface area contributed by atoms with E-state index in [1.807, 2.05) is 0 Å². The lowest BCUT2D eigenvalue weighted by molar-refractivity contribution is -0.137. The van der Waals surface area contributed by atoms with Crippen molar-refractivity contribution in [2.45, 2.75) is 56.7 Å². The topological polar surface area (TPSA) is 86.7 Å². The van der Waals surface area contributed by atoms with E-state index in [1.165, 1.54) is 4.31 Å². The third kappa shape index (κ3) is 3.67. The van der Waals surface area contributed by atoms with Gasteiger partial charge in [0.15, 0.2) is 0 Å². The second-order valence-electron chi connectivity index (χ2n) is 5.59. The highest BCUT2D eigenvalue weighted by Gasteiger charge is 2.38. The maximum absolute atomic E-state index is 12.2. The van der Waals surface area contributed by atoms with Gasteiger partial charge in [-0.1, -0.05) is 0 Å². The average Bonchev–Trinajstić information content (AvgIpc) is 2.66. The highest BCUT2D eigenvalue weighted by Crippen LogP contribution is 2.30. The van der Waals surface area contributed by atoms with Gasteiger partial charge in [-0.05, 0) is 32.1 Å². The third-order valence-corrected chi connectivity index (χ3v) is 6.17. The summed E-state index contributed by atoms with van der Waals surface area (Å²) in [6, 6.07) is 0.953. The average molecular weight is 290 g/mol. The molecule has 0 spiro atoms. The van der Waals surface area contributed by atoms with E-state index < -0.39 is 16.0 Å². The summed E-state index contributed by atoms with van der Waals surface area (Å²) in [4.78, 5) is 10.4. The van der Waals surface area contributed by atoms with Crippen LogP contribution >= 0.6 is 0 Å². The summed E-state index contributed by atoms with van der Waals surface area (Å²) in [7, 11) is -1.70. The van der Waals surface area contributed by atoms with Crippen LogP contribution in [-0.2, 0) is 14.8 Å². The van der Waals surface area contributed by atoms with Gasteiger partial charge >= 0.3 is 5.97 Å². The summed E-state index contributed by atoms with van der Waals surface area (Å²) in [5, 5.41) is 12.0.